The molecule has 0 bridgehead atoms. The monoisotopic (exact) mass is 474 g/mol. The number of Topliss-reactive ketones (excluding diaryl/α,β-unsaturated/α-hetero) is 2. The fourth-order valence-electron chi connectivity index (χ4n) is 4.22. The number of hydrogen-bond acceptors (Lipinski definition) is 7. The number of aliphatic hydroxyl groups excluding tert-OH is 2. The Morgan fingerprint density at radius 1 is 0.676 bits per heavy atom. The quantitative estimate of drug-likeness (QED) is 0.239. The Balaban J connectivity index is 2.03. The molecule has 0 spiro atoms. The van der Waals surface area contributed by atoms with Gasteiger partial charge in [-0.15, -0.1) is 0 Å². The zero-order chi connectivity index (χ0) is 25.1. The van der Waals surface area contributed by atoms with Crippen LogP contribution in [0.2, 0.25) is 0 Å². The van der Waals surface area contributed by atoms with Crippen molar-refractivity contribution in [2.45, 2.75) is 77.6 Å². The summed E-state index contributed by atoms with van der Waals surface area (Å²) in [5.41, 5.74) is 0.416. The summed E-state index contributed by atoms with van der Waals surface area (Å²) in [5, 5.41) is 21.0. The normalized spacial score (nSPS) is 14.1. The number of carbonyl (C=O) groups excluding carboxylic acids is 2. The van der Waals surface area contributed by atoms with E-state index in [4.69, 9.17) is 14.2 Å². The minimum Gasteiger partial charge on any atom is -0.504 e. The van der Waals surface area contributed by atoms with E-state index >= 15 is 0 Å². The second-order valence-electron chi connectivity index (χ2n) is 8.60. The fourth-order valence-corrected chi connectivity index (χ4v) is 4.22. The van der Waals surface area contributed by atoms with Crippen LogP contribution in [0.5, 0.6) is 17.2 Å². The average molecular weight is 475 g/mol. The summed E-state index contributed by atoms with van der Waals surface area (Å²) >= 11 is 0. The lowest BCUT2D eigenvalue weighted by Crippen LogP contribution is -2.25. The minimum atomic E-state index is -0.725. The molecule has 7 heteroatoms. The molecule has 1 aromatic carbocycles. The first-order chi connectivity index (χ1) is 16.4. The number of benzene rings is 1. The molecule has 0 aromatic heterocycles. The van der Waals surface area contributed by atoms with Gasteiger partial charge in [0.2, 0.25) is 17.3 Å². The molecule has 0 saturated heterocycles. The molecular formula is C27H38O7. The largest absolute Gasteiger partial charge is 0.504 e. The Morgan fingerprint density at radius 3 is 1.65 bits per heavy atom. The third-order valence-corrected chi connectivity index (χ3v) is 6.19. The van der Waals surface area contributed by atoms with E-state index in [1.165, 1.54) is 53.4 Å². The molecule has 2 rings (SSSR count). The number of methoxy groups -OCH3 is 3. The molecular weight excluding hydrogens is 436 g/mol. The highest BCUT2D eigenvalue weighted by Crippen LogP contribution is 2.39. The molecule has 1 aliphatic rings. The molecule has 0 aliphatic heterocycles. The molecule has 0 saturated carbocycles. The number of hydrogen-bond donors (Lipinski definition) is 2. The fraction of sp³-hybridized carbons (Fsp3) is 0.556. The molecule has 7 nitrogen and oxygen atoms in total. The van der Waals surface area contributed by atoms with E-state index in [1.54, 1.807) is 12.1 Å². The van der Waals surface area contributed by atoms with E-state index in [0.29, 0.717) is 29.2 Å². The lowest BCUT2D eigenvalue weighted by Gasteiger charge is -2.19. The minimum absolute atomic E-state index is 0.000845. The number of ether oxygens (including phenoxy) is 3. The zero-order valence-corrected chi connectivity index (χ0v) is 20.9. The molecule has 2 N–H and O–H groups in total. The maximum atomic E-state index is 12.8. The predicted molar refractivity (Wildman–Crippen MR) is 131 cm³/mol. The second-order valence-corrected chi connectivity index (χ2v) is 8.60. The number of carbonyl (C=O) groups is 2. The lowest BCUT2D eigenvalue weighted by atomic mass is 9.87. The maximum absolute atomic E-state index is 12.8. The van der Waals surface area contributed by atoms with Crippen molar-refractivity contribution in [3.8, 4) is 17.2 Å². The SMILES string of the molecule is CCCCCCCCCCCC1=C(O)C(=O)C(Cc2cc(OC)c(OC)c(OC)c2)=C(O)C1=O. The number of aliphatic hydroxyl groups is 2. The Hall–Kier alpha value is -2.96. The highest BCUT2D eigenvalue weighted by molar-refractivity contribution is 6.23. The van der Waals surface area contributed by atoms with E-state index < -0.39 is 23.1 Å². The summed E-state index contributed by atoms with van der Waals surface area (Å²) in [7, 11) is 4.43. The highest BCUT2D eigenvalue weighted by Gasteiger charge is 2.34. The van der Waals surface area contributed by atoms with Gasteiger partial charge < -0.3 is 24.4 Å². The molecule has 0 radical (unpaired) electrons. The first-order valence-electron chi connectivity index (χ1n) is 12.1. The van der Waals surface area contributed by atoms with Crippen LogP contribution in [0.25, 0.3) is 0 Å². The van der Waals surface area contributed by atoms with Crippen LogP contribution in [-0.4, -0.2) is 43.1 Å². The van der Waals surface area contributed by atoms with Crippen molar-refractivity contribution in [2.24, 2.45) is 0 Å². The molecule has 0 atom stereocenters. The van der Waals surface area contributed by atoms with Gasteiger partial charge in [0.05, 0.1) is 26.9 Å². The van der Waals surface area contributed by atoms with Gasteiger partial charge in [0, 0.05) is 12.0 Å². The van der Waals surface area contributed by atoms with Crippen molar-refractivity contribution >= 4 is 11.6 Å². The van der Waals surface area contributed by atoms with E-state index in [9.17, 15) is 19.8 Å². The molecule has 0 unspecified atom stereocenters. The third kappa shape index (κ3) is 6.78. The lowest BCUT2D eigenvalue weighted by molar-refractivity contribution is -0.120. The van der Waals surface area contributed by atoms with Crippen molar-refractivity contribution in [3.05, 3.63) is 40.4 Å². The summed E-state index contributed by atoms with van der Waals surface area (Å²) in [6, 6.07) is 3.27. The van der Waals surface area contributed by atoms with Crippen LogP contribution in [0, 0.1) is 0 Å². The van der Waals surface area contributed by atoms with Crippen molar-refractivity contribution in [2.75, 3.05) is 21.3 Å². The summed E-state index contributed by atoms with van der Waals surface area (Å²) in [6.07, 6.45) is 10.2. The highest BCUT2D eigenvalue weighted by atomic mass is 16.5. The van der Waals surface area contributed by atoms with Crippen LogP contribution in [-0.2, 0) is 16.0 Å². The van der Waals surface area contributed by atoms with Gasteiger partial charge in [0.15, 0.2) is 23.0 Å². The molecule has 188 valence electrons. The van der Waals surface area contributed by atoms with Crippen LogP contribution in [0.1, 0.15) is 76.7 Å². The van der Waals surface area contributed by atoms with Gasteiger partial charge in [0.25, 0.3) is 0 Å². The summed E-state index contributed by atoms with van der Waals surface area (Å²) in [5.74, 6) is -1.41. The molecule has 1 aromatic rings. The Morgan fingerprint density at radius 2 is 1.15 bits per heavy atom. The topological polar surface area (TPSA) is 102 Å². The third-order valence-electron chi connectivity index (χ3n) is 6.19. The van der Waals surface area contributed by atoms with Crippen LogP contribution in [0.4, 0.5) is 0 Å². The number of unbranched alkanes of at least 4 members (excludes halogenated alkanes) is 8. The predicted octanol–water partition coefficient (Wildman–Crippen LogP) is 5.95. The van der Waals surface area contributed by atoms with Gasteiger partial charge in [-0.3, -0.25) is 9.59 Å². The Bertz CT molecular complexity index is 902. The first-order valence-corrected chi connectivity index (χ1v) is 12.1. The smallest absolute Gasteiger partial charge is 0.227 e. The van der Waals surface area contributed by atoms with E-state index in [2.05, 4.69) is 6.92 Å². The first kappa shape index (κ1) is 27.3. The van der Waals surface area contributed by atoms with E-state index in [0.717, 1.165) is 19.3 Å². The van der Waals surface area contributed by atoms with Crippen LogP contribution < -0.4 is 14.2 Å². The van der Waals surface area contributed by atoms with Gasteiger partial charge >= 0.3 is 0 Å². The number of ketones is 2. The van der Waals surface area contributed by atoms with Crippen molar-refractivity contribution in [1.82, 2.24) is 0 Å². The maximum Gasteiger partial charge on any atom is 0.227 e. The summed E-state index contributed by atoms with van der Waals surface area (Å²) in [6.45, 7) is 2.20. The number of allylic oxidation sites excluding steroid dienone is 2. The van der Waals surface area contributed by atoms with Crippen LogP contribution in [0.3, 0.4) is 0 Å². The molecule has 0 heterocycles. The van der Waals surface area contributed by atoms with Gasteiger partial charge in [-0.05, 0) is 30.5 Å². The van der Waals surface area contributed by atoms with Gasteiger partial charge in [0.1, 0.15) is 0 Å². The van der Waals surface area contributed by atoms with Crippen molar-refractivity contribution < 1.29 is 34.0 Å². The molecule has 34 heavy (non-hydrogen) atoms. The second kappa shape index (κ2) is 13.7. The number of rotatable bonds is 15. The van der Waals surface area contributed by atoms with Gasteiger partial charge in [-0.2, -0.15) is 0 Å². The zero-order valence-electron chi connectivity index (χ0n) is 20.9. The Labute approximate surface area is 202 Å². The van der Waals surface area contributed by atoms with Crippen LogP contribution in [0.15, 0.2) is 34.8 Å². The summed E-state index contributed by atoms with van der Waals surface area (Å²) < 4.78 is 15.9. The molecule has 0 amide bonds. The standard InChI is InChI=1S/C27H38O7/c1-5-6-7-8-9-10-11-12-13-14-19-23(28)25(30)20(26(31)24(19)29)15-18-16-21(32-2)27(34-4)22(17-18)33-3/h16-17,28,31H,5-15H2,1-4H3. The molecule has 0 fully saturated rings. The summed E-state index contributed by atoms with van der Waals surface area (Å²) in [4.78, 5) is 25.6. The molecule has 1 aliphatic carbocycles. The van der Waals surface area contributed by atoms with E-state index in [1.807, 2.05) is 0 Å². The Kier molecular flexibility index (Phi) is 11.0. The van der Waals surface area contributed by atoms with E-state index in [-0.39, 0.29) is 24.0 Å². The van der Waals surface area contributed by atoms with Crippen molar-refractivity contribution in [3.63, 3.8) is 0 Å². The van der Waals surface area contributed by atoms with Gasteiger partial charge in [-0.25, -0.2) is 0 Å². The van der Waals surface area contributed by atoms with Crippen molar-refractivity contribution in [1.29, 1.82) is 0 Å². The van der Waals surface area contributed by atoms with Gasteiger partial charge in [-0.1, -0.05) is 58.3 Å². The average Bonchev–Trinajstić information content (AvgIpc) is 2.85. The van der Waals surface area contributed by atoms with Crippen LogP contribution >= 0.6 is 0 Å².